The van der Waals surface area contributed by atoms with E-state index in [1.54, 1.807) is 0 Å². The molecule has 2 heteroatoms. The van der Waals surface area contributed by atoms with Gasteiger partial charge in [-0.05, 0) is 68.4 Å². The number of hydrogen-bond acceptors (Lipinski definition) is 1. The zero-order valence-electron chi connectivity index (χ0n) is 23.5. The third-order valence-electron chi connectivity index (χ3n) is 8.60. The number of imidazole rings is 1. The van der Waals surface area contributed by atoms with E-state index >= 15 is 0 Å². The average molecular weight is 539 g/mol. The number of nitrogens with zero attached hydrogens (tertiary/aromatic N) is 2. The second-order valence-corrected chi connectivity index (χ2v) is 11.2. The van der Waals surface area contributed by atoms with Gasteiger partial charge in [-0.2, -0.15) is 0 Å². The highest BCUT2D eigenvalue weighted by molar-refractivity contribution is 6.21. The van der Waals surface area contributed by atoms with Gasteiger partial charge in [0.2, 0.25) is 0 Å². The van der Waals surface area contributed by atoms with Crippen LogP contribution in [0.1, 0.15) is 30.7 Å². The molecular formula is C40H30N2. The smallest absolute Gasteiger partial charge is 0.145 e. The lowest BCUT2D eigenvalue weighted by molar-refractivity contribution is 0.745. The Kier molecular flexibility index (Phi) is 5.86. The van der Waals surface area contributed by atoms with Crippen LogP contribution in [0.4, 0.5) is 0 Å². The summed E-state index contributed by atoms with van der Waals surface area (Å²) in [6, 6.07) is 48.1. The second-order valence-electron chi connectivity index (χ2n) is 11.2. The summed E-state index contributed by atoms with van der Waals surface area (Å²) in [5.41, 5.74) is 9.59. The Labute approximate surface area is 246 Å². The SMILES string of the molecule is CC1CC=Cc2c1nc(-c1ccccc1)n2-c1ccc2c(-c3ccccc3)c3ccccc3c(-c3ccccc3)c2c1. The van der Waals surface area contributed by atoms with Gasteiger partial charge in [0.1, 0.15) is 5.82 Å². The molecule has 1 unspecified atom stereocenters. The molecule has 8 rings (SSSR count). The van der Waals surface area contributed by atoms with E-state index in [-0.39, 0.29) is 0 Å². The summed E-state index contributed by atoms with van der Waals surface area (Å²) in [4.78, 5) is 5.27. The fourth-order valence-electron chi connectivity index (χ4n) is 6.65. The Morgan fingerprint density at radius 1 is 0.571 bits per heavy atom. The van der Waals surface area contributed by atoms with Crippen LogP contribution < -0.4 is 0 Å². The van der Waals surface area contributed by atoms with Crippen molar-refractivity contribution in [1.29, 1.82) is 0 Å². The van der Waals surface area contributed by atoms with Crippen molar-refractivity contribution < 1.29 is 0 Å². The van der Waals surface area contributed by atoms with Gasteiger partial charge in [-0.15, -0.1) is 0 Å². The molecule has 7 aromatic rings. The van der Waals surface area contributed by atoms with E-state index in [0.29, 0.717) is 5.92 Å². The second kappa shape index (κ2) is 10.0. The van der Waals surface area contributed by atoms with E-state index in [2.05, 4.69) is 157 Å². The Morgan fingerprint density at radius 2 is 1.10 bits per heavy atom. The van der Waals surface area contributed by atoms with Gasteiger partial charge in [0.15, 0.2) is 0 Å². The van der Waals surface area contributed by atoms with Crippen LogP contribution in [0.25, 0.3) is 66.9 Å². The van der Waals surface area contributed by atoms with Gasteiger partial charge in [-0.3, -0.25) is 4.57 Å². The normalized spacial score (nSPS) is 14.4. The van der Waals surface area contributed by atoms with E-state index in [4.69, 9.17) is 4.98 Å². The Balaban J connectivity index is 1.50. The van der Waals surface area contributed by atoms with Crippen molar-refractivity contribution in [3.8, 4) is 39.3 Å². The molecule has 6 aromatic carbocycles. The first-order valence-electron chi connectivity index (χ1n) is 14.7. The number of aromatic nitrogens is 2. The molecule has 0 amide bonds. The molecule has 1 aliphatic rings. The molecular weight excluding hydrogens is 508 g/mol. The molecule has 2 nitrogen and oxygen atoms in total. The molecule has 42 heavy (non-hydrogen) atoms. The number of fused-ring (bicyclic) bond motifs is 3. The molecule has 200 valence electrons. The van der Waals surface area contributed by atoms with Crippen molar-refractivity contribution in [3.05, 3.63) is 151 Å². The highest BCUT2D eigenvalue weighted by Gasteiger charge is 2.25. The van der Waals surface area contributed by atoms with Gasteiger partial charge >= 0.3 is 0 Å². The van der Waals surface area contributed by atoms with Gasteiger partial charge in [0.05, 0.1) is 11.4 Å². The molecule has 0 aliphatic heterocycles. The van der Waals surface area contributed by atoms with Gasteiger partial charge in [0.25, 0.3) is 0 Å². The van der Waals surface area contributed by atoms with Gasteiger partial charge in [-0.25, -0.2) is 4.98 Å². The number of hydrogen-bond donors (Lipinski definition) is 0. The summed E-state index contributed by atoms with van der Waals surface area (Å²) >= 11 is 0. The highest BCUT2D eigenvalue weighted by atomic mass is 15.1. The van der Waals surface area contributed by atoms with Gasteiger partial charge < -0.3 is 0 Å². The molecule has 0 fully saturated rings. The summed E-state index contributed by atoms with van der Waals surface area (Å²) in [6.07, 6.45) is 5.56. The molecule has 0 saturated carbocycles. The lowest BCUT2D eigenvalue weighted by atomic mass is 9.86. The molecule has 1 aromatic heterocycles. The molecule has 1 aliphatic carbocycles. The lowest BCUT2D eigenvalue weighted by Gasteiger charge is -2.20. The first kappa shape index (κ1) is 24.6. The van der Waals surface area contributed by atoms with Crippen molar-refractivity contribution in [2.75, 3.05) is 0 Å². The van der Waals surface area contributed by atoms with Crippen molar-refractivity contribution in [2.24, 2.45) is 0 Å². The largest absolute Gasteiger partial charge is 0.293 e. The van der Waals surface area contributed by atoms with Crippen LogP contribution in [-0.4, -0.2) is 9.55 Å². The van der Waals surface area contributed by atoms with Crippen LogP contribution in [0.15, 0.2) is 140 Å². The van der Waals surface area contributed by atoms with E-state index in [0.717, 1.165) is 23.5 Å². The lowest BCUT2D eigenvalue weighted by Crippen LogP contribution is -2.04. The fourth-order valence-corrected chi connectivity index (χ4v) is 6.65. The fraction of sp³-hybridized carbons (Fsp3) is 0.0750. The molecule has 0 N–H and O–H groups in total. The average Bonchev–Trinajstić information content (AvgIpc) is 3.45. The molecule has 1 atom stereocenters. The van der Waals surface area contributed by atoms with Crippen molar-refractivity contribution in [2.45, 2.75) is 19.3 Å². The summed E-state index contributed by atoms with van der Waals surface area (Å²) in [6.45, 7) is 2.28. The monoisotopic (exact) mass is 538 g/mol. The maximum atomic E-state index is 5.27. The van der Waals surface area contributed by atoms with Gasteiger partial charge in [0, 0.05) is 17.2 Å². The summed E-state index contributed by atoms with van der Waals surface area (Å²) in [7, 11) is 0. The number of rotatable bonds is 4. The van der Waals surface area contributed by atoms with E-state index in [1.807, 2.05) is 0 Å². The van der Waals surface area contributed by atoms with Crippen LogP contribution >= 0.6 is 0 Å². The van der Waals surface area contributed by atoms with Crippen LogP contribution in [-0.2, 0) is 0 Å². The molecule has 0 spiro atoms. The standard InChI is InChI=1S/C40H30N2/c1-27-14-13-23-36-39(27)41-40(30-19-9-4-10-20-30)42(36)31-24-25-34-35(26-31)38(29-17-7-3-8-18-29)33-22-12-11-21-32(33)37(34)28-15-5-2-6-16-28/h2-13,15-27H,14H2,1H3. The van der Waals surface area contributed by atoms with Gasteiger partial charge in [-0.1, -0.05) is 134 Å². The third kappa shape index (κ3) is 3.91. The molecule has 0 radical (unpaired) electrons. The van der Waals surface area contributed by atoms with Crippen LogP contribution in [0.5, 0.6) is 0 Å². The van der Waals surface area contributed by atoms with E-state index in [9.17, 15) is 0 Å². The molecule has 0 saturated heterocycles. The predicted octanol–water partition coefficient (Wildman–Crippen LogP) is 10.7. The molecule has 0 bridgehead atoms. The van der Waals surface area contributed by atoms with E-state index in [1.165, 1.54) is 55.2 Å². The van der Waals surface area contributed by atoms with E-state index < -0.39 is 0 Å². The predicted molar refractivity (Wildman–Crippen MR) is 177 cm³/mol. The Bertz CT molecular complexity index is 2100. The highest BCUT2D eigenvalue weighted by Crippen LogP contribution is 2.45. The van der Waals surface area contributed by atoms with Crippen molar-refractivity contribution >= 4 is 27.6 Å². The maximum Gasteiger partial charge on any atom is 0.145 e. The van der Waals surface area contributed by atoms with Crippen LogP contribution in [0.3, 0.4) is 0 Å². The topological polar surface area (TPSA) is 17.8 Å². The minimum atomic E-state index is 0.377. The number of benzene rings is 6. The quantitative estimate of drug-likeness (QED) is 0.204. The number of allylic oxidation sites excluding steroid dienone is 1. The minimum absolute atomic E-state index is 0.377. The minimum Gasteiger partial charge on any atom is -0.293 e. The van der Waals surface area contributed by atoms with Crippen molar-refractivity contribution in [1.82, 2.24) is 9.55 Å². The first-order chi connectivity index (χ1) is 20.8. The summed E-state index contributed by atoms with van der Waals surface area (Å²) in [5.74, 6) is 1.37. The van der Waals surface area contributed by atoms with Crippen LogP contribution in [0, 0.1) is 0 Å². The van der Waals surface area contributed by atoms with Crippen LogP contribution in [0.2, 0.25) is 0 Å². The zero-order chi connectivity index (χ0) is 28.0. The summed E-state index contributed by atoms with van der Waals surface area (Å²) < 4.78 is 2.36. The van der Waals surface area contributed by atoms with Crippen molar-refractivity contribution in [3.63, 3.8) is 0 Å². The molecule has 1 heterocycles. The third-order valence-corrected chi connectivity index (χ3v) is 8.60. The maximum absolute atomic E-state index is 5.27. The zero-order valence-corrected chi connectivity index (χ0v) is 23.5. The summed E-state index contributed by atoms with van der Waals surface area (Å²) in [5, 5.41) is 5.02. The first-order valence-corrected chi connectivity index (χ1v) is 14.7. The Morgan fingerprint density at radius 3 is 1.71 bits per heavy atom. The Hall–Kier alpha value is -5.21.